The smallest absolute Gasteiger partial charge is 0.191 e. The van der Waals surface area contributed by atoms with Crippen molar-refractivity contribution in [3.05, 3.63) is 41.5 Å². The van der Waals surface area contributed by atoms with Crippen LogP contribution in [-0.2, 0) is 30.7 Å². The quantitative estimate of drug-likeness (QED) is 0.225. The molecule has 0 saturated carbocycles. The zero-order valence-electron chi connectivity index (χ0n) is 18.1. The number of benzene rings is 1. The molecule has 1 aliphatic heterocycles. The molecule has 1 aromatic heterocycles. The van der Waals surface area contributed by atoms with Crippen molar-refractivity contribution in [3.8, 4) is 5.75 Å². The summed E-state index contributed by atoms with van der Waals surface area (Å²) in [5, 5.41) is 11.4. The fourth-order valence-electron chi connectivity index (χ4n) is 3.45. The Morgan fingerprint density at radius 2 is 2.07 bits per heavy atom. The van der Waals surface area contributed by atoms with Crippen molar-refractivity contribution < 1.29 is 9.47 Å². The van der Waals surface area contributed by atoms with E-state index in [9.17, 15) is 0 Å². The van der Waals surface area contributed by atoms with Crippen molar-refractivity contribution in [1.29, 1.82) is 0 Å². The highest BCUT2D eigenvalue weighted by Gasteiger charge is 2.22. The van der Waals surface area contributed by atoms with Crippen LogP contribution in [0.25, 0.3) is 0 Å². The van der Waals surface area contributed by atoms with E-state index in [1.807, 2.05) is 16.8 Å². The summed E-state index contributed by atoms with van der Waals surface area (Å²) in [6, 6.07) is 8.52. The fraction of sp³-hybridized carbons (Fsp3) is 0.571. The van der Waals surface area contributed by atoms with Crippen LogP contribution < -0.4 is 15.4 Å². The Morgan fingerprint density at radius 3 is 2.77 bits per heavy atom. The molecule has 9 heteroatoms. The van der Waals surface area contributed by atoms with Crippen LogP contribution in [0.1, 0.15) is 37.0 Å². The van der Waals surface area contributed by atoms with Crippen molar-refractivity contribution in [2.24, 2.45) is 4.99 Å². The minimum Gasteiger partial charge on any atom is -0.497 e. The molecule has 30 heavy (non-hydrogen) atoms. The Morgan fingerprint density at radius 1 is 1.27 bits per heavy atom. The van der Waals surface area contributed by atoms with E-state index in [1.54, 1.807) is 14.2 Å². The van der Waals surface area contributed by atoms with Gasteiger partial charge >= 0.3 is 0 Å². The molecule has 1 aromatic carbocycles. The minimum absolute atomic E-state index is 0. The third-order valence-electron chi connectivity index (χ3n) is 4.91. The van der Waals surface area contributed by atoms with Gasteiger partial charge in [0.2, 0.25) is 0 Å². The summed E-state index contributed by atoms with van der Waals surface area (Å²) in [4.78, 5) is 9.29. The molecule has 3 rings (SSSR count). The number of ether oxygens (including phenoxy) is 2. The van der Waals surface area contributed by atoms with Crippen LogP contribution in [0.15, 0.2) is 29.3 Å². The van der Waals surface area contributed by atoms with E-state index < -0.39 is 0 Å². The summed E-state index contributed by atoms with van der Waals surface area (Å²) < 4.78 is 12.3. The number of nitrogens with zero attached hydrogens (tertiary/aromatic N) is 4. The normalized spacial score (nSPS) is 15.8. The lowest BCUT2D eigenvalue weighted by Crippen LogP contribution is -2.47. The second kappa shape index (κ2) is 12.7. The molecule has 0 bridgehead atoms. The second-order valence-corrected chi connectivity index (χ2v) is 7.15. The van der Waals surface area contributed by atoms with Crippen LogP contribution in [-0.4, -0.2) is 54.1 Å². The topological polar surface area (TPSA) is 85.6 Å². The first-order chi connectivity index (χ1) is 14.2. The van der Waals surface area contributed by atoms with Crippen molar-refractivity contribution in [3.63, 3.8) is 0 Å². The molecule has 0 fully saturated rings. The molecule has 0 spiro atoms. The Bertz CT molecular complexity index is 793. The maximum absolute atomic E-state index is 5.21. The van der Waals surface area contributed by atoms with Gasteiger partial charge in [-0.15, -0.1) is 24.0 Å². The van der Waals surface area contributed by atoms with Gasteiger partial charge in [0.1, 0.15) is 18.2 Å². The number of aromatic nitrogens is 3. The second-order valence-electron chi connectivity index (χ2n) is 7.15. The lowest BCUT2D eigenvalue weighted by atomic mass is 10.1. The largest absolute Gasteiger partial charge is 0.497 e. The molecule has 0 aliphatic carbocycles. The minimum atomic E-state index is 0. The predicted octanol–water partition coefficient (Wildman–Crippen LogP) is 2.55. The van der Waals surface area contributed by atoms with E-state index in [0.29, 0.717) is 12.6 Å². The van der Waals surface area contributed by atoms with Crippen LogP contribution in [0.5, 0.6) is 5.75 Å². The van der Waals surface area contributed by atoms with Crippen molar-refractivity contribution in [2.45, 2.75) is 51.8 Å². The SMILES string of the molecule is CCNC(=NCCCc1ccc(OC)cc1)NC1CCc2nc(COC)nn2C1.I. The van der Waals surface area contributed by atoms with Gasteiger partial charge in [-0.3, -0.25) is 4.99 Å². The average molecular weight is 528 g/mol. The number of fused-ring (bicyclic) bond motifs is 1. The summed E-state index contributed by atoms with van der Waals surface area (Å²) >= 11 is 0. The molecule has 1 atom stereocenters. The summed E-state index contributed by atoms with van der Waals surface area (Å²) in [6.45, 7) is 4.95. The molecule has 2 aromatic rings. The van der Waals surface area contributed by atoms with Crippen LogP contribution >= 0.6 is 24.0 Å². The number of hydrogen-bond acceptors (Lipinski definition) is 5. The summed E-state index contributed by atoms with van der Waals surface area (Å²) in [7, 11) is 3.35. The van der Waals surface area contributed by atoms with Gasteiger partial charge in [-0.1, -0.05) is 12.1 Å². The Hall–Kier alpha value is -1.88. The first kappa shape index (κ1) is 24.4. The van der Waals surface area contributed by atoms with Crippen LogP contribution in [0.2, 0.25) is 0 Å². The molecule has 0 radical (unpaired) electrons. The first-order valence-electron chi connectivity index (χ1n) is 10.3. The number of hydrogen-bond donors (Lipinski definition) is 2. The highest BCUT2D eigenvalue weighted by Crippen LogP contribution is 2.14. The molecule has 2 heterocycles. The molecule has 2 N–H and O–H groups in total. The molecular formula is C21H33IN6O2. The number of guanidine groups is 1. The van der Waals surface area contributed by atoms with E-state index >= 15 is 0 Å². The zero-order valence-corrected chi connectivity index (χ0v) is 20.4. The predicted molar refractivity (Wildman–Crippen MR) is 129 cm³/mol. The first-order valence-corrected chi connectivity index (χ1v) is 10.3. The molecule has 1 aliphatic rings. The third kappa shape index (κ3) is 7.12. The summed E-state index contributed by atoms with van der Waals surface area (Å²) in [5.41, 5.74) is 1.30. The van der Waals surface area contributed by atoms with E-state index in [0.717, 1.165) is 68.7 Å². The Balaban J connectivity index is 0.00000320. The van der Waals surface area contributed by atoms with Gasteiger partial charge in [0, 0.05) is 32.7 Å². The van der Waals surface area contributed by atoms with Gasteiger partial charge in [0.25, 0.3) is 0 Å². The molecule has 166 valence electrons. The molecule has 0 amide bonds. The third-order valence-corrected chi connectivity index (χ3v) is 4.91. The number of halogens is 1. The summed E-state index contributed by atoms with van der Waals surface area (Å²) in [6.07, 6.45) is 3.93. The van der Waals surface area contributed by atoms with Gasteiger partial charge in [-0.25, -0.2) is 9.67 Å². The maximum Gasteiger partial charge on any atom is 0.191 e. The monoisotopic (exact) mass is 528 g/mol. The van der Waals surface area contributed by atoms with E-state index in [2.05, 4.69) is 39.8 Å². The van der Waals surface area contributed by atoms with Gasteiger partial charge < -0.3 is 20.1 Å². The van der Waals surface area contributed by atoms with Crippen molar-refractivity contribution in [1.82, 2.24) is 25.4 Å². The number of aryl methyl sites for hydroxylation is 2. The van der Waals surface area contributed by atoms with Crippen LogP contribution in [0, 0.1) is 0 Å². The summed E-state index contributed by atoms with van der Waals surface area (Å²) in [5.74, 6) is 3.55. The lowest BCUT2D eigenvalue weighted by Gasteiger charge is -2.25. The Labute approximate surface area is 195 Å². The van der Waals surface area contributed by atoms with Crippen LogP contribution in [0.3, 0.4) is 0 Å². The molecular weight excluding hydrogens is 495 g/mol. The Kier molecular flexibility index (Phi) is 10.4. The number of aliphatic imine (C=N–C) groups is 1. The van der Waals surface area contributed by atoms with E-state index in [1.165, 1.54) is 5.56 Å². The molecule has 0 saturated heterocycles. The highest BCUT2D eigenvalue weighted by molar-refractivity contribution is 14.0. The maximum atomic E-state index is 5.21. The molecule has 1 unspecified atom stereocenters. The van der Waals surface area contributed by atoms with Gasteiger partial charge in [-0.05, 0) is 43.9 Å². The van der Waals surface area contributed by atoms with Crippen LogP contribution in [0.4, 0.5) is 0 Å². The molecule has 8 nitrogen and oxygen atoms in total. The van der Waals surface area contributed by atoms with Gasteiger partial charge in [-0.2, -0.15) is 5.10 Å². The highest BCUT2D eigenvalue weighted by atomic mass is 127. The standard InChI is InChI=1S/C21H32N6O2.HI/c1-4-22-21(23-13-5-6-16-7-10-18(29-3)11-8-16)24-17-9-12-20-25-19(15-28-2)26-27(20)14-17;/h7-8,10-11,17H,4-6,9,12-15H2,1-3H3,(H2,22,23,24);1H. The lowest BCUT2D eigenvalue weighted by molar-refractivity contribution is 0.177. The van der Waals surface area contributed by atoms with Gasteiger partial charge in [0.15, 0.2) is 11.8 Å². The number of rotatable bonds is 9. The zero-order chi connectivity index (χ0) is 20.5. The fourth-order valence-corrected chi connectivity index (χ4v) is 3.45. The van der Waals surface area contributed by atoms with Crippen molar-refractivity contribution in [2.75, 3.05) is 27.3 Å². The number of nitrogens with one attached hydrogen (secondary N) is 2. The van der Waals surface area contributed by atoms with Gasteiger partial charge in [0.05, 0.1) is 13.7 Å². The van der Waals surface area contributed by atoms with Crippen molar-refractivity contribution >= 4 is 29.9 Å². The number of methoxy groups -OCH3 is 2. The average Bonchev–Trinajstić information content (AvgIpc) is 3.13. The van der Waals surface area contributed by atoms with E-state index in [4.69, 9.17) is 14.5 Å². The van der Waals surface area contributed by atoms with E-state index in [-0.39, 0.29) is 24.0 Å².